The fourth-order valence-corrected chi connectivity index (χ4v) is 19.2. The molecule has 23 atom stereocenters. The van der Waals surface area contributed by atoms with E-state index in [4.69, 9.17) is 15.2 Å². The van der Waals surface area contributed by atoms with E-state index in [2.05, 4.69) is 54.0 Å². The van der Waals surface area contributed by atoms with Crippen molar-refractivity contribution in [2.75, 3.05) is 33.0 Å². The second-order valence-electron chi connectivity index (χ2n) is 24.9. The maximum absolute atomic E-state index is 14.4. The number of hydrogen-bond acceptors (Lipinski definition) is 13. The van der Waals surface area contributed by atoms with Crippen molar-refractivity contribution in [2.24, 2.45) is 91.5 Å². The number of rotatable bonds is 12. The minimum atomic E-state index is -1.67. The monoisotopic (exact) mass is 977 g/mol. The van der Waals surface area contributed by atoms with E-state index in [1.165, 1.54) is 5.57 Å². The number of aliphatic hydroxyl groups is 7. The van der Waals surface area contributed by atoms with E-state index < -0.39 is 118 Å². The number of carboxylic acid groups (broad SMARTS) is 1. The molecule has 70 heavy (non-hydrogen) atoms. The van der Waals surface area contributed by atoms with Gasteiger partial charge in [0.25, 0.3) is 0 Å². The topological polar surface area (TPSA) is 281 Å². The highest BCUT2D eigenvalue weighted by atomic mass is 16.7. The third-order valence-corrected chi connectivity index (χ3v) is 22.1. The van der Waals surface area contributed by atoms with E-state index in [0.29, 0.717) is 64.3 Å². The molecule has 16 nitrogen and oxygen atoms in total. The van der Waals surface area contributed by atoms with Gasteiger partial charge in [-0.2, -0.15) is 0 Å². The van der Waals surface area contributed by atoms with E-state index >= 15 is 0 Å². The number of imidazole rings is 1. The van der Waals surface area contributed by atoms with Crippen LogP contribution in [0.25, 0.3) is 0 Å². The van der Waals surface area contributed by atoms with E-state index in [1.807, 2.05) is 6.92 Å². The molecule has 2 aliphatic heterocycles. The van der Waals surface area contributed by atoms with Gasteiger partial charge in [-0.1, -0.05) is 51.7 Å². The minimum Gasteiger partial charge on any atom is -0.481 e. The zero-order chi connectivity index (χ0) is 49.9. The first-order valence-corrected chi connectivity index (χ1v) is 26.6. The van der Waals surface area contributed by atoms with Crippen molar-refractivity contribution in [1.29, 1.82) is 0 Å². The van der Waals surface area contributed by atoms with Crippen molar-refractivity contribution in [3.05, 3.63) is 29.9 Å². The predicted octanol–water partition coefficient (Wildman–Crippen LogP) is 2.84. The molecule has 16 heteroatoms. The van der Waals surface area contributed by atoms with Crippen molar-refractivity contribution in [3.63, 3.8) is 0 Å². The van der Waals surface area contributed by atoms with E-state index in [9.17, 15) is 50.4 Å². The van der Waals surface area contributed by atoms with Crippen molar-refractivity contribution >= 4 is 11.9 Å². The molecule has 0 unspecified atom stereocenters. The average molecular weight is 977 g/mol. The van der Waals surface area contributed by atoms with Crippen molar-refractivity contribution in [3.8, 4) is 11.8 Å². The first-order valence-electron chi connectivity index (χ1n) is 26.6. The summed E-state index contributed by atoms with van der Waals surface area (Å²) in [7, 11) is 0. The third-order valence-electron chi connectivity index (χ3n) is 22.1. The summed E-state index contributed by atoms with van der Waals surface area (Å²) in [5.41, 5.74) is 3.84. The molecular weight excluding hydrogens is 897 g/mol. The molecule has 3 heterocycles. The summed E-state index contributed by atoms with van der Waals surface area (Å²) in [6.07, 6.45) is 5.80. The van der Waals surface area contributed by atoms with Gasteiger partial charge in [-0.25, -0.2) is 4.98 Å². The molecule has 5 saturated carbocycles. The number of carboxylic acids is 1. The lowest BCUT2D eigenvalue weighted by Crippen LogP contribution is -2.74. The van der Waals surface area contributed by atoms with E-state index in [-0.39, 0.29) is 54.6 Å². The second-order valence-corrected chi connectivity index (χ2v) is 24.9. The summed E-state index contributed by atoms with van der Waals surface area (Å²) in [5.74, 6) is 2.29. The number of aliphatic carboxylic acids is 1. The van der Waals surface area contributed by atoms with Crippen LogP contribution in [-0.2, 0) is 19.1 Å². The Morgan fingerprint density at radius 1 is 0.986 bits per heavy atom. The number of nitrogens with one attached hydrogen (secondary N) is 2. The number of fused-ring (bicyclic) bond motifs is 2. The lowest BCUT2D eigenvalue weighted by atomic mass is 9.28. The zero-order valence-corrected chi connectivity index (χ0v) is 41.5. The van der Waals surface area contributed by atoms with Gasteiger partial charge in [0.15, 0.2) is 6.29 Å². The van der Waals surface area contributed by atoms with Crippen molar-refractivity contribution < 1.29 is 59.9 Å². The van der Waals surface area contributed by atoms with Crippen LogP contribution in [0.1, 0.15) is 123 Å². The molecule has 6 bridgehead atoms. The van der Waals surface area contributed by atoms with Gasteiger partial charge in [0.1, 0.15) is 18.3 Å². The van der Waals surface area contributed by atoms with Crippen LogP contribution in [-0.4, -0.2) is 139 Å². The van der Waals surface area contributed by atoms with Crippen LogP contribution < -0.4 is 11.1 Å². The number of ether oxygens (including phenoxy) is 2. The summed E-state index contributed by atoms with van der Waals surface area (Å²) < 4.78 is 12.6. The van der Waals surface area contributed by atoms with Crippen LogP contribution in [0.15, 0.2) is 24.2 Å². The Kier molecular flexibility index (Phi) is 13.1. The number of carbonyl (C=O) groups excluding carboxylic acids is 1. The molecule has 1 spiro atoms. The quantitative estimate of drug-likeness (QED) is 0.0817. The number of aromatic nitrogens is 2. The van der Waals surface area contributed by atoms with Gasteiger partial charge in [-0.05, 0) is 123 Å². The Labute approximate surface area is 412 Å². The Morgan fingerprint density at radius 3 is 2.44 bits per heavy atom. The first kappa shape index (κ1) is 50.6. The predicted molar refractivity (Wildman–Crippen MR) is 254 cm³/mol. The molecule has 1 aromatic rings. The smallest absolute Gasteiger partial charge is 0.310 e. The molecule has 1 amide bonds. The molecule has 1 aromatic heterocycles. The highest BCUT2D eigenvalue weighted by Crippen LogP contribution is 2.81. The van der Waals surface area contributed by atoms with E-state index in [0.717, 1.165) is 31.4 Å². The highest BCUT2D eigenvalue weighted by molar-refractivity contribution is 5.82. The number of H-pyrrole nitrogens is 1. The maximum Gasteiger partial charge on any atom is 0.310 e. The molecule has 2 saturated heterocycles. The van der Waals surface area contributed by atoms with Crippen LogP contribution in [0.5, 0.6) is 0 Å². The van der Waals surface area contributed by atoms with Gasteiger partial charge < -0.3 is 66.4 Å². The molecule has 7 fully saturated rings. The second kappa shape index (κ2) is 18.2. The number of aliphatic hydroxyl groups excluding tert-OH is 7. The van der Waals surface area contributed by atoms with Crippen LogP contribution in [0.4, 0.5) is 0 Å². The lowest BCUT2D eigenvalue weighted by molar-refractivity contribution is -0.344. The van der Waals surface area contributed by atoms with Gasteiger partial charge >= 0.3 is 5.97 Å². The Hall–Kier alpha value is -2.95. The standard InChI is InChI=1S/C54H80N4O12/c1-49(25-60)19-28-9-7-10-29-20-53(28,48(67)68)34(21-49)33-13-14-38-51(3)17-15-37-50(2,26-61)45(70-47-44(65)42(63)36(62)24-69-47)43(64)40(52(37,38)4)31(11-5-6-16-54(29,33)51)39-32(23-59)46(66)58-41(39)30(12-8-18-55)35-22-56-27-57-35/h13,22,27-32,34,36-45,47,59-65H,6-10,12,14-21,23-26,55H2,1-4H3,(H,56,57)(H,58,66)(H,67,68)/t28-,29-,30+,31+,32-,34-,36+,37+,38-,39+,40+,41+,42-,43+,44+,45+,47-,49-,50-,51+,52-,53+,54+/m0/s1. The summed E-state index contributed by atoms with van der Waals surface area (Å²) in [4.78, 5) is 36.2. The third kappa shape index (κ3) is 6.94. The molecule has 10 rings (SSSR count). The molecule has 7 aliphatic carbocycles. The molecule has 0 radical (unpaired) electrons. The molecule has 12 N–H and O–H groups in total. The number of nitrogens with two attached hydrogens (primary N) is 1. The minimum absolute atomic E-state index is 0.0151. The molecular formula is C54H80N4O12. The van der Waals surface area contributed by atoms with Crippen LogP contribution in [0, 0.1) is 97.6 Å². The molecule has 0 aromatic carbocycles. The normalized spacial score (nSPS) is 50.9. The Bertz CT molecular complexity index is 2240. The fraction of sp³-hybridized carbons (Fsp3) is 0.833. The summed E-state index contributed by atoms with van der Waals surface area (Å²) in [5, 5.41) is 95.7. The summed E-state index contributed by atoms with van der Waals surface area (Å²) in [6.45, 7) is 7.97. The largest absolute Gasteiger partial charge is 0.481 e. The summed E-state index contributed by atoms with van der Waals surface area (Å²) in [6, 6.07) is -0.563. The number of aromatic amines is 1. The maximum atomic E-state index is 14.4. The van der Waals surface area contributed by atoms with Crippen molar-refractivity contribution in [2.45, 2.75) is 160 Å². The Morgan fingerprint density at radius 2 is 1.76 bits per heavy atom. The van der Waals surface area contributed by atoms with Crippen LogP contribution in [0.3, 0.4) is 0 Å². The van der Waals surface area contributed by atoms with Crippen LogP contribution in [0.2, 0.25) is 0 Å². The lowest BCUT2D eigenvalue weighted by Gasteiger charge is -2.76. The molecule has 388 valence electrons. The fourth-order valence-electron chi connectivity index (χ4n) is 19.2. The average Bonchev–Trinajstić information content (AvgIpc) is 3.93. The summed E-state index contributed by atoms with van der Waals surface area (Å²) >= 11 is 0. The number of amides is 1. The number of allylic oxidation sites excluding steroid dienone is 2. The number of hydrogen-bond donors (Lipinski definition) is 11. The van der Waals surface area contributed by atoms with Gasteiger partial charge in [0, 0.05) is 65.5 Å². The first-order chi connectivity index (χ1) is 33.4. The Balaban J connectivity index is 1.19. The highest BCUT2D eigenvalue weighted by Gasteiger charge is 2.77. The number of carbonyl (C=O) groups is 2. The van der Waals surface area contributed by atoms with Gasteiger partial charge in [0.05, 0.1) is 49.7 Å². The van der Waals surface area contributed by atoms with E-state index in [1.54, 1.807) is 12.5 Å². The van der Waals surface area contributed by atoms with Gasteiger partial charge in [-0.15, -0.1) is 5.92 Å². The zero-order valence-electron chi connectivity index (χ0n) is 41.5. The number of nitrogens with zero attached hydrogens (tertiary/aromatic N) is 1. The van der Waals surface area contributed by atoms with Gasteiger partial charge in [0.2, 0.25) is 5.91 Å². The van der Waals surface area contributed by atoms with Crippen molar-refractivity contribution in [1.82, 2.24) is 15.3 Å². The van der Waals surface area contributed by atoms with Gasteiger partial charge in [-0.3, -0.25) is 9.59 Å². The SMILES string of the molecule is C[C@]1(CO)C[C@@H]2CCC[C@H]3C[C@]2(C(=O)O)[C@@H](C1)C1=CC[C@@H]2[C@@]4(C)[C@H]5[C@@H](O)[C@@H](O[C@@H]6OC[C@@H](O)[C@H](O)[C@H]6O)[C@@](C)(CO)[C@H]4CC[C@@]2(C)[C@@]13CCC#C[C@@H]5[C@H]1[C@@H]([C@H](CCCN)c2cnc[nH]2)NC(=O)[C@H]1CO. The molecule has 9 aliphatic rings. The van der Waals surface area contributed by atoms with Crippen LogP contribution >= 0.6 is 0 Å².